The van der Waals surface area contributed by atoms with Gasteiger partial charge in [-0.2, -0.15) is 0 Å². The lowest BCUT2D eigenvalue weighted by Crippen LogP contribution is -2.24. The Labute approximate surface area is 94.5 Å². The molecular weight excluding hydrogens is 200 g/mol. The first-order chi connectivity index (χ1) is 7.72. The number of hydrogen-bond donors (Lipinski definition) is 1. The summed E-state index contributed by atoms with van der Waals surface area (Å²) in [6.07, 6.45) is 0. The largest absolute Gasteiger partial charge is 0.351 e. The summed E-state index contributed by atoms with van der Waals surface area (Å²) in [4.78, 5) is 16.1. The van der Waals surface area contributed by atoms with E-state index in [9.17, 15) is 4.79 Å². The Bertz CT molecular complexity index is 534. The molecule has 1 heterocycles. The third kappa shape index (κ3) is 1.89. The van der Waals surface area contributed by atoms with Crippen molar-refractivity contribution < 1.29 is 4.79 Å². The number of aromatic nitrogens is 1. The van der Waals surface area contributed by atoms with Gasteiger partial charge in [0.1, 0.15) is 5.69 Å². The molecule has 2 aromatic rings. The van der Waals surface area contributed by atoms with Gasteiger partial charge in [0.05, 0.1) is 5.52 Å². The summed E-state index contributed by atoms with van der Waals surface area (Å²) in [6.45, 7) is 4.42. The summed E-state index contributed by atoms with van der Waals surface area (Å²) >= 11 is 0. The number of aryl methyl sites for hydroxylation is 1. The van der Waals surface area contributed by atoms with Crippen molar-refractivity contribution in [3.63, 3.8) is 0 Å². The third-order valence-corrected chi connectivity index (χ3v) is 2.47. The average Bonchev–Trinajstić information content (AvgIpc) is 2.28. The minimum Gasteiger partial charge on any atom is -0.351 e. The van der Waals surface area contributed by atoms with Gasteiger partial charge < -0.3 is 5.32 Å². The number of benzene rings is 1. The number of amides is 1. The number of pyridine rings is 1. The molecule has 0 fully saturated rings. The highest BCUT2D eigenvalue weighted by molar-refractivity contribution is 5.96. The Morgan fingerprint density at radius 1 is 1.38 bits per heavy atom. The van der Waals surface area contributed by atoms with Crippen LogP contribution in [0, 0.1) is 6.92 Å². The zero-order valence-corrected chi connectivity index (χ0v) is 9.45. The molecule has 16 heavy (non-hydrogen) atoms. The SMILES string of the molecule is CCNC(=O)c1nc2ccccc2cc1C. The molecule has 1 amide bonds. The van der Waals surface area contributed by atoms with Gasteiger partial charge in [0.2, 0.25) is 0 Å². The molecule has 0 unspecified atom stereocenters. The minimum absolute atomic E-state index is 0.106. The number of carbonyl (C=O) groups is 1. The highest BCUT2D eigenvalue weighted by atomic mass is 16.1. The van der Waals surface area contributed by atoms with E-state index in [1.165, 1.54) is 0 Å². The predicted octanol–water partition coefficient (Wildman–Crippen LogP) is 2.29. The first-order valence-corrected chi connectivity index (χ1v) is 5.37. The summed E-state index contributed by atoms with van der Waals surface area (Å²) in [5, 5.41) is 3.83. The van der Waals surface area contributed by atoms with Crippen molar-refractivity contribution in [2.24, 2.45) is 0 Å². The number of hydrogen-bond acceptors (Lipinski definition) is 2. The van der Waals surface area contributed by atoms with Crippen LogP contribution in [-0.2, 0) is 0 Å². The van der Waals surface area contributed by atoms with Crippen LogP contribution in [0.4, 0.5) is 0 Å². The topological polar surface area (TPSA) is 42.0 Å². The molecule has 3 nitrogen and oxygen atoms in total. The van der Waals surface area contributed by atoms with Gasteiger partial charge in [0.25, 0.3) is 5.91 Å². The van der Waals surface area contributed by atoms with Crippen LogP contribution in [0.15, 0.2) is 30.3 Å². The first-order valence-electron chi connectivity index (χ1n) is 5.37. The van der Waals surface area contributed by atoms with Gasteiger partial charge in [-0.1, -0.05) is 18.2 Å². The molecule has 0 radical (unpaired) electrons. The highest BCUT2D eigenvalue weighted by Gasteiger charge is 2.10. The van der Waals surface area contributed by atoms with E-state index in [1.54, 1.807) is 0 Å². The molecule has 3 heteroatoms. The van der Waals surface area contributed by atoms with E-state index >= 15 is 0 Å². The third-order valence-electron chi connectivity index (χ3n) is 2.47. The van der Waals surface area contributed by atoms with E-state index < -0.39 is 0 Å². The lowest BCUT2D eigenvalue weighted by molar-refractivity contribution is 0.0950. The van der Waals surface area contributed by atoms with E-state index in [0.717, 1.165) is 16.5 Å². The zero-order chi connectivity index (χ0) is 11.5. The molecule has 0 bridgehead atoms. The van der Waals surface area contributed by atoms with Gasteiger partial charge in [0, 0.05) is 11.9 Å². The van der Waals surface area contributed by atoms with Crippen molar-refractivity contribution in [3.05, 3.63) is 41.6 Å². The zero-order valence-electron chi connectivity index (χ0n) is 9.45. The van der Waals surface area contributed by atoms with Crippen LogP contribution < -0.4 is 5.32 Å². The molecule has 0 spiro atoms. The van der Waals surface area contributed by atoms with Gasteiger partial charge in [-0.25, -0.2) is 4.98 Å². The predicted molar refractivity (Wildman–Crippen MR) is 64.5 cm³/mol. The minimum atomic E-state index is -0.106. The summed E-state index contributed by atoms with van der Waals surface area (Å²) in [5.74, 6) is -0.106. The second-order valence-electron chi connectivity index (χ2n) is 3.71. The smallest absolute Gasteiger partial charge is 0.270 e. The lowest BCUT2D eigenvalue weighted by Gasteiger charge is -2.06. The van der Waals surface area contributed by atoms with Crippen LogP contribution in [0.25, 0.3) is 10.9 Å². The molecule has 1 N–H and O–H groups in total. The highest BCUT2D eigenvalue weighted by Crippen LogP contribution is 2.15. The summed E-state index contributed by atoms with van der Waals surface area (Å²) in [6, 6.07) is 9.79. The maximum Gasteiger partial charge on any atom is 0.270 e. The molecule has 0 saturated carbocycles. The summed E-state index contributed by atoms with van der Waals surface area (Å²) in [5.41, 5.74) is 2.28. The fourth-order valence-electron chi connectivity index (χ4n) is 1.70. The van der Waals surface area contributed by atoms with Crippen LogP contribution >= 0.6 is 0 Å². The Balaban J connectivity index is 2.54. The van der Waals surface area contributed by atoms with Crippen molar-refractivity contribution in [3.8, 4) is 0 Å². The Morgan fingerprint density at radius 2 is 2.12 bits per heavy atom. The van der Waals surface area contributed by atoms with Crippen molar-refractivity contribution >= 4 is 16.8 Å². The van der Waals surface area contributed by atoms with Crippen LogP contribution in [0.2, 0.25) is 0 Å². The maximum absolute atomic E-state index is 11.7. The molecule has 1 aromatic carbocycles. The molecule has 0 saturated heterocycles. The summed E-state index contributed by atoms with van der Waals surface area (Å²) in [7, 11) is 0. The van der Waals surface area contributed by atoms with Gasteiger partial charge in [-0.05, 0) is 31.5 Å². The average molecular weight is 214 g/mol. The Morgan fingerprint density at radius 3 is 2.88 bits per heavy atom. The van der Waals surface area contributed by atoms with E-state index in [0.29, 0.717) is 12.2 Å². The van der Waals surface area contributed by atoms with Crippen LogP contribution in [0.3, 0.4) is 0 Å². The van der Waals surface area contributed by atoms with Gasteiger partial charge >= 0.3 is 0 Å². The van der Waals surface area contributed by atoms with Crippen LogP contribution in [0.5, 0.6) is 0 Å². The van der Waals surface area contributed by atoms with Crippen LogP contribution in [-0.4, -0.2) is 17.4 Å². The van der Waals surface area contributed by atoms with E-state index in [2.05, 4.69) is 10.3 Å². The molecule has 0 aliphatic heterocycles. The van der Waals surface area contributed by atoms with Crippen molar-refractivity contribution in [1.82, 2.24) is 10.3 Å². The number of fused-ring (bicyclic) bond motifs is 1. The van der Waals surface area contributed by atoms with E-state index in [-0.39, 0.29) is 5.91 Å². The Hall–Kier alpha value is -1.90. The number of rotatable bonds is 2. The molecule has 0 aliphatic rings. The standard InChI is InChI=1S/C13H14N2O/c1-3-14-13(16)12-9(2)8-10-6-4-5-7-11(10)15-12/h4-8H,3H2,1-2H3,(H,14,16). The molecule has 2 rings (SSSR count). The van der Waals surface area contributed by atoms with Gasteiger partial charge in [-0.3, -0.25) is 4.79 Å². The lowest BCUT2D eigenvalue weighted by atomic mass is 10.1. The normalized spacial score (nSPS) is 10.4. The molecule has 1 aromatic heterocycles. The van der Waals surface area contributed by atoms with Gasteiger partial charge in [0.15, 0.2) is 0 Å². The Kier molecular flexibility index (Phi) is 2.86. The second-order valence-corrected chi connectivity index (χ2v) is 3.71. The van der Waals surface area contributed by atoms with E-state index in [4.69, 9.17) is 0 Å². The molecule has 0 atom stereocenters. The number of para-hydroxylation sites is 1. The monoisotopic (exact) mass is 214 g/mol. The van der Waals surface area contributed by atoms with Crippen molar-refractivity contribution in [1.29, 1.82) is 0 Å². The fourth-order valence-corrected chi connectivity index (χ4v) is 1.70. The number of nitrogens with zero attached hydrogens (tertiary/aromatic N) is 1. The second kappa shape index (κ2) is 4.31. The number of nitrogens with one attached hydrogen (secondary N) is 1. The van der Waals surface area contributed by atoms with Crippen LogP contribution in [0.1, 0.15) is 23.0 Å². The molecule has 0 aliphatic carbocycles. The van der Waals surface area contributed by atoms with Crippen molar-refractivity contribution in [2.45, 2.75) is 13.8 Å². The number of carbonyl (C=O) groups excluding carboxylic acids is 1. The molecular formula is C13H14N2O. The quantitative estimate of drug-likeness (QED) is 0.833. The fraction of sp³-hybridized carbons (Fsp3) is 0.231. The maximum atomic E-state index is 11.7. The molecule has 82 valence electrons. The first kappa shape index (κ1) is 10.6. The van der Waals surface area contributed by atoms with Gasteiger partial charge in [-0.15, -0.1) is 0 Å². The van der Waals surface area contributed by atoms with E-state index in [1.807, 2.05) is 44.2 Å². The summed E-state index contributed by atoms with van der Waals surface area (Å²) < 4.78 is 0. The van der Waals surface area contributed by atoms with Crippen molar-refractivity contribution in [2.75, 3.05) is 6.54 Å².